The van der Waals surface area contributed by atoms with Crippen molar-refractivity contribution in [3.05, 3.63) is 22.2 Å². The van der Waals surface area contributed by atoms with Gasteiger partial charge < -0.3 is 4.90 Å². The highest BCUT2D eigenvalue weighted by Gasteiger charge is 2.22. The molecule has 0 saturated carbocycles. The minimum Gasteiger partial charge on any atom is -0.342 e. The quantitative estimate of drug-likeness (QED) is 0.856. The summed E-state index contributed by atoms with van der Waals surface area (Å²) in [7, 11) is 0. The normalized spacial score (nSPS) is 11.9. The standard InChI is InChI=1S/C16H25N5O2/c1-7-19(8-2)13(22)10-20-15(23)14-12(11(3)18-20)9-17-21(14)16(4,5)6/h9H,7-8,10H2,1-6H3. The maximum absolute atomic E-state index is 12.8. The molecule has 2 aromatic heterocycles. The third kappa shape index (κ3) is 3.13. The topological polar surface area (TPSA) is 73.0 Å². The lowest BCUT2D eigenvalue weighted by molar-refractivity contribution is -0.131. The van der Waals surface area contributed by atoms with Crippen molar-refractivity contribution < 1.29 is 4.79 Å². The van der Waals surface area contributed by atoms with Crippen molar-refractivity contribution in [2.45, 2.75) is 53.6 Å². The third-order valence-electron chi connectivity index (χ3n) is 3.90. The third-order valence-corrected chi connectivity index (χ3v) is 3.90. The largest absolute Gasteiger partial charge is 0.342 e. The van der Waals surface area contributed by atoms with Crippen molar-refractivity contribution in [3.8, 4) is 0 Å². The molecule has 0 atom stereocenters. The van der Waals surface area contributed by atoms with Gasteiger partial charge in [0.15, 0.2) is 0 Å². The van der Waals surface area contributed by atoms with E-state index in [0.29, 0.717) is 24.3 Å². The molecule has 7 heteroatoms. The summed E-state index contributed by atoms with van der Waals surface area (Å²) in [6, 6.07) is 0. The molecule has 2 rings (SSSR count). The predicted octanol–water partition coefficient (Wildman–Crippen LogP) is 1.52. The van der Waals surface area contributed by atoms with Gasteiger partial charge in [0.2, 0.25) is 5.91 Å². The minimum absolute atomic E-state index is 0.0490. The summed E-state index contributed by atoms with van der Waals surface area (Å²) < 4.78 is 2.96. The first-order valence-electron chi connectivity index (χ1n) is 7.94. The minimum atomic E-state index is -0.324. The molecule has 0 aromatic carbocycles. The van der Waals surface area contributed by atoms with Crippen LogP contribution in [0.1, 0.15) is 40.3 Å². The van der Waals surface area contributed by atoms with E-state index in [2.05, 4.69) is 10.2 Å². The molecule has 2 heterocycles. The first kappa shape index (κ1) is 17.2. The molecule has 1 amide bonds. The van der Waals surface area contributed by atoms with E-state index in [4.69, 9.17) is 0 Å². The number of fused-ring (bicyclic) bond motifs is 1. The fourth-order valence-electron chi connectivity index (χ4n) is 2.64. The van der Waals surface area contributed by atoms with Crippen molar-refractivity contribution in [2.24, 2.45) is 0 Å². The number of nitrogens with zero attached hydrogens (tertiary/aromatic N) is 5. The maximum Gasteiger partial charge on any atom is 0.293 e. The van der Waals surface area contributed by atoms with Gasteiger partial charge in [0.1, 0.15) is 12.1 Å². The second-order valence-corrected chi connectivity index (χ2v) is 6.60. The second-order valence-electron chi connectivity index (χ2n) is 6.60. The van der Waals surface area contributed by atoms with Crippen LogP contribution in [0.5, 0.6) is 0 Å². The highest BCUT2D eigenvalue weighted by atomic mass is 16.2. The molecule has 0 radical (unpaired) electrons. The number of aromatic nitrogens is 4. The summed E-state index contributed by atoms with van der Waals surface area (Å²) in [6.45, 7) is 12.8. The van der Waals surface area contributed by atoms with Gasteiger partial charge >= 0.3 is 0 Å². The lowest BCUT2D eigenvalue weighted by atomic mass is 10.1. The Morgan fingerprint density at radius 3 is 2.39 bits per heavy atom. The lowest BCUT2D eigenvalue weighted by Gasteiger charge is -2.21. The first-order valence-corrected chi connectivity index (χ1v) is 7.94. The Hall–Kier alpha value is -2.18. The van der Waals surface area contributed by atoms with Crippen molar-refractivity contribution in [1.82, 2.24) is 24.5 Å². The van der Waals surface area contributed by atoms with Gasteiger partial charge in [-0.1, -0.05) is 0 Å². The molecule has 0 unspecified atom stereocenters. The molecule has 0 saturated heterocycles. The number of carbonyl (C=O) groups excluding carboxylic acids is 1. The van der Waals surface area contributed by atoms with Crippen LogP contribution in [0.25, 0.3) is 10.9 Å². The van der Waals surface area contributed by atoms with Crippen molar-refractivity contribution in [1.29, 1.82) is 0 Å². The van der Waals surface area contributed by atoms with E-state index in [0.717, 1.165) is 5.39 Å². The first-order chi connectivity index (χ1) is 10.7. The Balaban J connectivity index is 2.57. The molecule has 0 bridgehead atoms. The molecule has 0 aliphatic rings. The van der Waals surface area contributed by atoms with Crippen LogP contribution < -0.4 is 5.56 Å². The maximum atomic E-state index is 12.8. The van der Waals surface area contributed by atoms with Crippen LogP contribution in [-0.4, -0.2) is 43.5 Å². The van der Waals surface area contributed by atoms with Gasteiger partial charge in [-0.3, -0.25) is 14.3 Å². The van der Waals surface area contributed by atoms with Crippen LogP contribution in [0.15, 0.2) is 11.0 Å². The highest BCUT2D eigenvalue weighted by Crippen LogP contribution is 2.20. The Morgan fingerprint density at radius 1 is 1.26 bits per heavy atom. The molecule has 7 nitrogen and oxygen atoms in total. The van der Waals surface area contributed by atoms with Crippen LogP contribution in [0.2, 0.25) is 0 Å². The van der Waals surface area contributed by atoms with Crippen molar-refractivity contribution in [3.63, 3.8) is 0 Å². The van der Waals surface area contributed by atoms with E-state index >= 15 is 0 Å². The molecule has 23 heavy (non-hydrogen) atoms. The summed E-state index contributed by atoms with van der Waals surface area (Å²) in [6.07, 6.45) is 1.67. The van der Waals surface area contributed by atoms with E-state index in [1.807, 2.05) is 41.5 Å². The SMILES string of the molecule is CCN(CC)C(=O)Cn1nc(C)c2cnn(C(C)(C)C)c2c1=O. The fraction of sp³-hybridized carbons (Fsp3) is 0.625. The molecule has 0 spiro atoms. The molecular weight excluding hydrogens is 294 g/mol. The smallest absolute Gasteiger partial charge is 0.293 e. The molecule has 0 aliphatic carbocycles. The zero-order chi connectivity index (χ0) is 17.4. The molecular formula is C16H25N5O2. The van der Waals surface area contributed by atoms with E-state index in [-0.39, 0.29) is 23.6 Å². The second kappa shape index (κ2) is 6.14. The number of hydrogen-bond donors (Lipinski definition) is 0. The van der Waals surface area contributed by atoms with Crippen LogP contribution in [0, 0.1) is 6.92 Å². The average molecular weight is 319 g/mol. The summed E-state index contributed by atoms with van der Waals surface area (Å²) in [5.41, 5.74) is 0.591. The van der Waals surface area contributed by atoms with Gasteiger partial charge in [-0.2, -0.15) is 10.2 Å². The average Bonchev–Trinajstić information content (AvgIpc) is 2.91. The molecule has 0 aliphatic heterocycles. The zero-order valence-electron chi connectivity index (χ0n) is 14.8. The zero-order valence-corrected chi connectivity index (χ0v) is 14.8. The van der Waals surface area contributed by atoms with E-state index in [9.17, 15) is 9.59 Å². The van der Waals surface area contributed by atoms with Gasteiger partial charge in [-0.05, 0) is 41.5 Å². The monoisotopic (exact) mass is 319 g/mol. The number of carbonyl (C=O) groups is 1. The van der Waals surface area contributed by atoms with Crippen molar-refractivity contribution in [2.75, 3.05) is 13.1 Å². The van der Waals surface area contributed by atoms with E-state index < -0.39 is 0 Å². The Labute approximate surface area is 135 Å². The summed E-state index contributed by atoms with van der Waals surface area (Å²) in [5.74, 6) is -0.106. The Morgan fingerprint density at radius 2 is 1.87 bits per heavy atom. The van der Waals surface area contributed by atoms with Crippen molar-refractivity contribution >= 4 is 16.8 Å². The van der Waals surface area contributed by atoms with Crippen LogP contribution in [-0.2, 0) is 16.9 Å². The summed E-state index contributed by atoms with van der Waals surface area (Å²) >= 11 is 0. The van der Waals surface area contributed by atoms with Gasteiger partial charge in [-0.15, -0.1) is 0 Å². The number of hydrogen-bond acceptors (Lipinski definition) is 4. The molecule has 2 aromatic rings. The predicted molar refractivity (Wildman–Crippen MR) is 89.4 cm³/mol. The fourth-order valence-corrected chi connectivity index (χ4v) is 2.64. The molecule has 126 valence electrons. The highest BCUT2D eigenvalue weighted by molar-refractivity contribution is 5.81. The number of likely N-dealkylation sites (N-methyl/N-ethyl adjacent to an activating group) is 1. The number of amides is 1. The number of aryl methyl sites for hydroxylation is 1. The summed E-state index contributed by atoms with van der Waals surface area (Å²) in [5, 5.41) is 9.37. The van der Waals surface area contributed by atoms with Crippen LogP contribution >= 0.6 is 0 Å². The van der Waals surface area contributed by atoms with Gasteiger partial charge in [0, 0.05) is 18.5 Å². The lowest BCUT2D eigenvalue weighted by Crippen LogP contribution is -2.38. The van der Waals surface area contributed by atoms with Gasteiger partial charge in [0.25, 0.3) is 5.56 Å². The van der Waals surface area contributed by atoms with Gasteiger partial charge in [-0.25, -0.2) is 4.68 Å². The van der Waals surface area contributed by atoms with E-state index in [1.54, 1.807) is 15.8 Å². The number of rotatable bonds is 4. The van der Waals surface area contributed by atoms with Gasteiger partial charge in [0.05, 0.1) is 17.4 Å². The molecule has 0 N–H and O–H groups in total. The molecule has 0 fully saturated rings. The Kier molecular flexibility index (Phi) is 4.58. The Bertz CT molecular complexity index is 778. The summed E-state index contributed by atoms with van der Waals surface area (Å²) in [4.78, 5) is 26.8. The van der Waals surface area contributed by atoms with E-state index in [1.165, 1.54) is 4.68 Å². The van der Waals surface area contributed by atoms with Crippen LogP contribution in [0.4, 0.5) is 0 Å². The van der Waals surface area contributed by atoms with Crippen LogP contribution in [0.3, 0.4) is 0 Å².